The third-order valence-electron chi connectivity index (χ3n) is 4.01. The molecule has 4 heteroatoms. The molecule has 3 aromatic rings. The molecule has 0 unspecified atom stereocenters. The summed E-state index contributed by atoms with van der Waals surface area (Å²) in [6, 6.07) is 17.1. The Morgan fingerprint density at radius 3 is 2.96 bits per heavy atom. The number of hydrogen-bond acceptors (Lipinski definition) is 3. The molecule has 2 aromatic carbocycles. The number of rotatable bonds is 7. The van der Waals surface area contributed by atoms with Crippen molar-refractivity contribution in [2.45, 2.75) is 19.9 Å². The number of benzene rings is 2. The van der Waals surface area contributed by atoms with E-state index in [0.717, 1.165) is 28.6 Å². The molecule has 4 nitrogen and oxygen atoms in total. The lowest BCUT2D eigenvalue weighted by atomic mass is 10.1. The highest BCUT2D eigenvalue weighted by Crippen LogP contribution is 2.15. The summed E-state index contributed by atoms with van der Waals surface area (Å²) in [5.74, 6) is 0.716. The first-order valence-corrected chi connectivity index (χ1v) is 8.72. The van der Waals surface area contributed by atoms with Gasteiger partial charge in [0.2, 0.25) is 0 Å². The van der Waals surface area contributed by atoms with E-state index in [1.165, 1.54) is 0 Å². The number of carbonyl (C=O) groups excluding carboxylic acids is 1. The maximum Gasteiger partial charge on any atom is 0.251 e. The van der Waals surface area contributed by atoms with Gasteiger partial charge in [0, 0.05) is 23.7 Å². The molecule has 0 aliphatic rings. The van der Waals surface area contributed by atoms with Crippen LogP contribution in [0.25, 0.3) is 10.9 Å². The molecule has 132 valence electrons. The first-order valence-electron chi connectivity index (χ1n) is 8.72. The zero-order valence-corrected chi connectivity index (χ0v) is 14.8. The van der Waals surface area contributed by atoms with Gasteiger partial charge in [-0.05, 0) is 55.3 Å². The molecule has 26 heavy (non-hydrogen) atoms. The number of nitrogens with zero attached hydrogens (tertiary/aromatic N) is 1. The summed E-state index contributed by atoms with van der Waals surface area (Å²) < 4.78 is 5.72. The van der Waals surface area contributed by atoms with Crippen LogP contribution in [0.3, 0.4) is 0 Å². The van der Waals surface area contributed by atoms with Crippen molar-refractivity contribution in [1.29, 1.82) is 0 Å². The molecule has 0 aliphatic heterocycles. The Kier molecular flexibility index (Phi) is 5.99. The van der Waals surface area contributed by atoms with Crippen LogP contribution in [-0.4, -0.2) is 17.5 Å². The van der Waals surface area contributed by atoms with Gasteiger partial charge in [-0.15, -0.1) is 0 Å². The highest BCUT2D eigenvalue weighted by molar-refractivity contribution is 5.97. The molecule has 0 bridgehead atoms. The lowest BCUT2D eigenvalue weighted by Crippen LogP contribution is -2.22. The number of nitrogens with one attached hydrogen (secondary N) is 1. The van der Waals surface area contributed by atoms with Crippen LogP contribution in [0.1, 0.15) is 29.3 Å². The van der Waals surface area contributed by atoms with Crippen LogP contribution in [0.15, 0.2) is 72.9 Å². The van der Waals surface area contributed by atoms with Crippen molar-refractivity contribution in [2.75, 3.05) is 6.61 Å². The van der Waals surface area contributed by atoms with Gasteiger partial charge in [-0.25, -0.2) is 0 Å². The quantitative estimate of drug-likeness (QED) is 0.506. The van der Waals surface area contributed by atoms with Gasteiger partial charge in [0.1, 0.15) is 5.75 Å². The normalized spacial score (nSPS) is 11.0. The molecule has 3 rings (SSSR count). The third-order valence-corrected chi connectivity index (χ3v) is 4.01. The highest BCUT2D eigenvalue weighted by atomic mass is 16.5. The first kappa shape index (κ1) is 17.7. The van der Waals surface area contributed by atoms with Crippen molar-refractivity contribution >= 4 is 16.8 Å². The fraction of sp³-hybridized carbons (Fsp3) is 0.182. The summed E-state index contributed by atoms with van der Waals surface area (Å²) in [5.41, 5.74) is 2.51. The molecule has 0 atom stereocenters. The fourth-order valence-corrected chi connectivity index (χ4v) is 2.66. The lowest BCUT2D eigenvalue weighted by molar-refractivity contribution is 0.0951. The van der Waals surface area contributed by atoms with E-state index in [4.69, 9.17) is 4.74 Å². The number of pyridine rings is 1. The zero-order chi connectivity index (χ0) is 18.2. The van der Waals surface area contributed by atoms with Crippen molar-refractivity contribution in [3.8, 4) is 5.75 Å². The molecule has 0 aliphatic carbocycles. The lowest BCUT2D eigenvalue weighted by Gasteiger charge is -2.09. The number of carbonyl (C=O) groups is 1. The maximum atomic E-state index is 12.4. The van der Waals surface area contributed by atoms with E-state index in [-0.39, 0.29) is 5.91 Å². The second-order valence-electron chi connectivity index (χ2n) is 5.95. The summed E-state index contributed by atoms with van der Waals surface area (Å²) >= 11 is 0. The molecule has 0 fully saturated rings. The predicted molar refractivity (Wildman–Crippen MR) is 104 cm³/mol. The van der Waals surface area contributed by atoms with Crippen LogP contribution in [0.5, 0.6) is 5.75 Å². The Morgan fingerprint density at radius 1 is 1.15 bits per heavy atom. The second-order valence-corrected chi connectivity index (χ2v) is 5.95. The van der Waals surface area contributed by atoms with E-state index < -0.39 is 0 Å². The summed E-state index contributed by atoms with van der Waals surface area (Å²) in [4.78, 5) is 16.7. The molecule has 0 saturated carbocycles. The van der Waals surface area contributed by atoms with E-state index in [2.05, 4.69) is 16.4 Å². The number of ether oxygens (including phenoxy) is 1. The molecule has 1 amide bonds. The SMILES string of the molecule is C/C=C/CCOc1cccc(CNC(=O)c2ccc3ncccc3c2)c1. The Hall–Kier alpha value is -3.14. The Morgan fingerprint density at radius 2 is 2.08 bits per heavy atom. The van der Waals surface area contributed by atoms with Crippen molar-refractivity contribution in [1.82, 2.24) is 10.3 Å². The summed E-state index contributed by atoms with van der Waals surface area (Å²) in [5, 5.41) is 3.91. The molecule has 1 N–H and O–H groups in total. The van der Waals surface area contributed by atoms with Crippen LogP contribution in [-0.2, 0) is 6.54 Å². The molecule has 0 radical (unpaired) electrons. The number of allylic oxidation sites excluding steroid dienone is 1. The molecule has 1 heterocycles. The van der Waals surface area contributed by atoms with Gasteiger partial charge >= 0.3 is 0 Å². The minimum Gasteiger partial charge on any atom is -0.493 e. The topological polar surface area (TPSA) is 51.2 Å². The number of hydrogen-bond donors (Lipinski definition) is 1. The minimum atomic E-state index is -0.102. The van der Waals surface area contributed by atoms with Crippen LogP contribution in [0, 0.1) is 0 Å². The number of amides is 1. The Balaban J connectivity index is 1.59. The summed E-state index contributed by atoms with van der Waals surface area (Å²) in [6.07, 6.45) is 6.71. The zero-order valence-electron chi connectivity index (χ0n) is 14.8. The fourth-order valence-electron chi connectivity index (χ4n) is 2.66. The Bertz CT molecular complexity index is 919. The van der Waals surface area contributed by atoms with Crippen LogP contribution < -0.4 is 10.1 Å². The summed E-state index contributed by atoms with van der Waals surface area (Å²) in [7, 11) is 0. The van der Waals surface area contributed by atoms with Crippen LogP contribution in [0.4, 0.5) is 0 Å². The van der Waals surface area contributed by atoms with E-state index in [1.54, 1.807) is 12.3 Å². The molecular weight excluding hydrogens is 324 g/mol. The van der Waals surface area contributed by atoms with Crippen LogP contribution >= 0.6 is 0 Å². The smallest absolute Gasteiger partial charge is 0.251 e. The van der Waals surface area contributed by atoms with Gasteiger partial charge < -0.3 is 10.1 Å². The molecular formula is C22H22N2O2. The van der Waals surface area contributed by atoms with Gasteiger partial charge in [0.05, 0.1) is 12.1 Å². The van der Waals surface area contributed by atoms with Gasteiger partial charge in [0.25, 0.3) is 5.91 Å². The third kappa shape index (κ3) is 4.70. The number of fused-ring (bicyclic) bond motifs is 1. The molecule has 1 aromatic heterocycles. The van der Waals surface area contributed by atoms with Gasteiger partial charge in [-0.2, -0.15) is 0 Å². The standard InChI is InChI=1S/C22H22N2O2/c1-2-3-4-13-26-20-9-5-7-17(14-20)16-24-22(25)19-10-11-21-18(15-19)8-6-12-23-21/h2-3,5-12,14-15H,4,13,16H2,1H3,(H,24,25)/b3-2+. The molecule has 0 spiro atoms. The van der Waals surface area contributed by atoms with E-state index in [9.17, 15) is 4.79 Å². The monoisotopic (exact) mass is 346 g/mol. The second kappa shape index (κ2) is 8.81. The van der Waals surface area contributed by atoms with Gasteiger partial charge in [-0.1, -0.05) is 30.4 Å². The average Bonchev–Trinajstić information content (AvgIpc) is 2.69. The van der Waals surface area contributed by atoms with Crippen molar-refractivity contribution in [3.05, 3.63) is 84.1 Å². The van der Waals surface area contributed by atoms with Crippen molar-refractivity contribution in [3.63, 3.8) is 0 Å². The first-order chi connectivity index (χ1) is 12.8. The highest BCUT2D eigenvalue weighted by Gasteiger charge is 2.07. The van der Waals surface area contributed by atoms with Crippen molar-refractivity contribution in [2.24, 2.45) is 0 Å². The number of aromatic nitrogens is 1. The molecule has 0 saturated heterocycles. The largest absolute Gasteiger partial charge is 0.493 e. The predicted octanol–water partition coefficient (Wildman–Crippen LogP) is 4.51. The van der Waals surface area contributed by atoms with E-state index in [0.29, 0.717) is 18.7 Å². The Labute approximate surface area is 153 Å². The van der Waals surface area contributed by atoms with Gasteiger partial charge in [0.15, 0.2) is 0 Å². The minimum absolute atomic E-state index is 0.102. The summed E-state index contributed by atoms with van der Waals surface area (Å²) in [6.45, 7) is 3.09. The van der Waals surface area contributed by atoms with E-state index in [1.807, 2.05) is 61.5 Å². The van der Waals surface area contributed by atoms with Gasteiger partial charge in [-0.3, -0.25) is 9.78 Å². The van der Waals surface area contributed by atoms with Crippen LogP contribution in [0.2, 0.25) is 0 Å². The van der Waals surface area contributed by atoms with E-state index >= 15 is 0 Å². The maximum absolute atomic E-state index is 12.4. The van der Waals surface area contributed by atoms with Crippen molar-refractivity contribution < 1.29 is 9.53 Å². The average molecular weight is 346 g/mol.